The Kier molecular flexibility index (Phi) is 5.86. The van der Waals surface area contributed by atoms with Crippen molar-refractivity contribution in [1.29, 1.82) is 0 Å². The zero-order valence-electron chi connectivity index (χ0n) is 17.5. The van der Waals surface area contributed by atoms with Crippen molar-refractivity contribution < 1.29 is 4.79 Å². The van der Waals surface area contributed by atoms with Crippen LogP contribution in [0, 0.1) is 6.92 Å². The number of nitrogen functional groups attached to an aromatic ring is 1. The van der Waals surface area contributed by atoms with Crippen LogP contribution in [0.3, 0.4) is 0 Å². The molecule has 0 radical (unpaired) electrons. The van der Waals surface area contributed by atoms with Gasteiger partial charge in [0.25, 0.3) is 0 Å². The second kappa shape index (κ2) is 8.78. The molecular weight excluding hydrogens is 462 g/mol. The average Bonchev–Trinajstić information content (AvgIpc) is 3.35. The molecule has 6 nitrogen and oxygen atoms in total. The number of amides is 1. The molecule has 0 atom stereocenters. The van der Waals surface area contributed by atoms with Crippen LogP contribution in [0.2, 0.25) is 4.34 Å². The first-order chi connectivity index (χ1) is 15.5. The summed E-state index contributed by atoms with van der Waals surface area (Å²) in [5, 5.41) is 0.836. The van der Waals surface area contributed by atoms with Crippen LogP contribution in [-0.4, -0.2) is 45.3 Å². The van der Waals surface area contributed by atoms with Gasteiger partial charge >= 0.3 is 0 Å². The van der Waals surface area contributed by atoms with E-state index in [9.17, 15) is 4.79 Å². The van der Waals surface area contributed by atoms with Gasteiger partial charge in [-0.05, 0) is 48.4 Å². The van der Waals surface area contributed by atoms with E-state index >= 15 is 0 Å². The summed E-state index contributed by atoms with van der Waals surface area (Å²) in [6, 6.07) is 12.2. The van der Waals surface area contributed by atoms with Gasteiger partial charge in [0.05, 0.1) is 16.4 Å². The lowest BCUT2D eigenvalue weighted by molar-refractivity contribution is -0.136. The van der Waals surface area contributed by atoms with Crippen molar-refractivity contribution in [3.63, 3.8) is 0 Å². The Morgan fingerprint density at radius 2 is 1.97 bits per heavy atom. The van der Waals surface area contributed by atoms with Crippen LogP contribution in [0.5, 0.6) is 0 Å². The van der Waals surface area contributed by atoms with Crippen LogP contribution in [-0.2, 0) is 17.9 Å². The molecule has 32 heavy (non-hydrogen) atoms. The van der Waals surface area contributed by atoms with Gasteiger partial charge in [0.1, 0.15) is 12.1 Å². The van der Waals surface area contributed by atoms with Crippen molar-refractivity contribution in [2.24, 2.45) is 0 Å². The SMILES string of the molecule is Cc1cc(Cl)sc1-c1ccc(CN2CCN(Cc3ccc4c(N)ncnc4c3)C(=O)C2)s1. The van der Waals surface area contributed by atoms with Gasteiger partial charge in [0.2, 0.25) is 5.91 Å². The number of piperazine rings is 1. The van der Waals surface area contributed by atoms with E-state index in [1.807, 2.05) is 29.2 Å². The quantitative estimate of drug-likeness (QED) is 0.441. The summed E-state index contributed by atoms with van der Waals surface area (Å²) in [6.07, 6.45) is 1.47. The van der Waals surface area contributed by atoms with Crippen LogP contribution >= 0.6 is 34.3 Å². The lowest BCUT2D eigenvalue weighted by Crippen LogP contribution is -2.49. The normalized spacial score (nSPS) is 15.1. The predicted octanol–water partition coefficient (Wildman–Crippen LogP) is 4.81. The summed E-state index contributed by atoms with van der Waals surface area (Å²) < 4.78 is 0.816. The van der Waals surface area contributed by atoms with Gasteiger partial charge in [-0.3, -0.25) is 9.69 Å². The highest BCUT2D eigenvalue weighted by molar-refractivity contribution is 7.24. The van der Waals surface area contributed by atoms with Crippen molar-refractivity contribution >= 4 is 56.9 Å². The highest BCUT2D eigenvalue weighted by Gasteiger charge is 2.24. The van der Waals surface area contributed by atoms with E-state index < -0.39 is 0 Å². The molecule has 1 aromatic carbocycles. The Labute approximate surface area is 199 Å². The number of nitrogens with two attached hydrogens (primary N) is 1. The molecule has 9 heteroatoms. The van der Waals surface area contributed by atoms with Crippen LogP contribution in [0.1, 0.15) is 16.0 Å². The van der Waals surface area contributed by atoms with Gasteiger partial charge in [-0.15, -0.1) is 22.7 Å². The first-order valence-corrected chi connectivity index (χ1v) is 12.3. The van der Waals surface area contributed by atoms with Gasteiger partial charge in [-0.2, -0.15) is 0 Å². The zero-order chi connectivity index (χ0) is 22.2. The highest BCUT2D eigenvalue weighted by Crippen LogP contribution is 2.39. The van der Waals surface area contributed by atoms with Crippen molar-refractivity contribution in [2.45, 2.75) is 20.0 Å². The minimum atomic E-state index is 0.149. The number of hydrogen-bond acceptors (Lipinski definition) is 7. The Bertz CT molecular complexity index is 1300. The Morgan fingerprint density at radius 3 is 2.75 bits per heavy atom. The zero-order valence-corrected chi connectivity index (χ0v) is 19.9. The molecule has 2 N–H and O–H groups in total. The minimum Gasteiger partial charge on any atom is -0.383 e. The van der Waals surface area contributed by atoms with E-state index in [-0.39, 0.29) is 5.91 Å². The van der Waals surface area contributed by atoms with Crippen LogP contribution in [0.15, 0.2) is 42.7 Å². The van der Waals surface area contributed by atoms with E-state index in [4.69, 9.17) is 17.3 Å². The number of rotatable bonds is 5. The first kappa shape index (κ1) is 21.3. The molecule has 5 rings (SSSR count). The largest absolute Gasteiger partial charge is 0.383 e. The molecule has 164 valence electrons. The molecule has 4 heterocycles. The van der Waals surface area contributed by atoms with Crippen LogP contribution < -0.4 is 5.73 Å². The smallest absolute Gasteiger partial charge is 0.237 e. The van der Waals surface area contributed by atoms with E-state index in [1.165, 1.54) is 26.5 Å². The van der Waals surface area contributed by atoms with E-state index in [2.05, 4.69) is 33.9 Å². The van der Waals surface area contributed by atoms with Crippen molar-refractivity contribution in [3.05, 3.63) is 63.1 Å². The molecule has 1 aliphatic rings. The van der Waals surface area contributed by atoms with Crippen LogP contribution in [0.25, 0.3) is 20.7 Å². The number of carbonyl (C=O) groups excluding carboxylic acids is 1. The molecular formula is C23H22ClN5OS2. The lowest BCUT2D eigenvalue weighted by Gasteiger charge is -2.34. The standard InChI is InChI=1S/C23H22ClN5OS2/c1-14-8-20(24)32-22(14)19-5-3-16(31-19)11-28-6-7-29(21(30)12-28)10-15-2-4-17-18(9-15)26-13-27-23(17)25/h2-5,8-9,13H,6-7,10-12H2,1H3,(H2,25,26,27). The van der Waals surface area contributed by atoms with Gasteiger partial charge in [-0.1, -0.05) is 17.7 Å². The molecule has 0 saturated carbocycles. The van der Waals surface area contributed by atoms with Gasteiger partial charge < -0.3 is 10.6 Å². The number of hydrogen-bond donors (Lipinski definition) is 1. The maximum atomic E-state index is 12.8. The maximum absolute atomic E-state index is 12.8. The first-order valence-electron chi connectivity index (χ1n) is 10.3. The number of thiophene rings is 2. The third-order valence-corrected chi connectivity index (χ3v) is 8.27. The highest BCUT2D eigenvalue weighted by atomic mass is 35.5. The summed E-state index contributed by atoms with van der Waals surface area (Å²) in [5.41, 5.74) is 8.97. The monoisotopic (exact) mass is 483 g/mol. The molecule has 3 aromatic heterocycles. The van der Waals surface area contributed by atoms with E-state index in [1.54, 1.807) is 22.7 Å². The number of nitrogens with zero attached hydrogens (tertiary/aromatic N) is 4. The van der Waals surface area contributed by atoms with Gasteiger partial charge in [0, 0.05) is 46.2 Å². The lowest BCUT2D eigenvalue weighted by atomic mass is 10.1. The molecule has 0 unspecified atom stereocenters. The maximum Gasteiger partial charge on any atom is 0.237 e. The molecule has 1 saturated heterocycles. The summed E-state index contributed by atoms with van der Waals surface area (Å²) in [5.74, 6) is 0.622. The fraction of sp³-hybridized carbons (Fsp3) is 0.261. The van der Waals surface area contributed by atoms with Crippen molar-refractivity contribution in [3.8, 4) is 9.75 Å². The molecule has 1 fully saturated rings. The second-order valence-corrected chi connectivity index (χ2v) is 10.8. The number of anilines is 1. The molecule has 0 aliphatic carbocycles. The Morgan fingerprint density at radius 1 is 1.09 bits per heavy atom. The van der Waals surface area contributed by atoms with E-state index in [0.717, 1.165) is 33.9 Å². The second-order valence-electron chi connectivity index (χ2n) is 7.96. The number of benzene rings is 1. The van der Waals surface area contributed by atoms with Gasteiger partial charge in [-0.25, -0.2) is 9.97 Å². The topological polar surface area (TPSA) is 75.3 Å². The predicted molar refractivity (Wildman–Crippen MR) is 132 cm³/mol. The number of halogens is 1. The number of aryl methyl sites for hydroxylation is 1. The summed E-state index contributed by atoms with van der Waals surface area (Å²) in [7, 11) is 0. The molecule has 1 aliphatic heterocycles. The molecule has 1 amide bonds. The molecule has 4 aromatic rings. The summed E-state index contributed by atoms with van der Waals surface area (Å²) in [4.78, 5) is 29.0. The summed E-state index contributed by atoms with van der Waals surface area (Å²) in [6.45, 7) is 5.45. The Hall–Kier alpha value is -2.52. The third-order valence-electron chi connectivity index (χ3n) is 5.66. The van der Waals surface area contributed by atoms with Crippen molar-refractivity contribution in [1.82, 2.24) is 19.8 Å². The van der Waals surface area contributed by atoms with E-state index in [0.29, 0.717) is 25.5 Å². The molecule has 0 spiro atoms. The van der Waals surface area contributed by atoms with Gasteiger partial charge in [0.15, 0.2) is 0 Å². The van der Waals surface area contributed by atoms with Crippen molar-refractivity contribution in [2.75, 3.05) is 25.4 Å². The number of carbonyl (C=O) groups is 1. The third kappa shape index (κ3) is 4.36. The number of fused-ring (bicyclic) bond motifs is 1. The summed E-state index contributed by atoms with van der Waals surface area (Å²) >= 11 is 9.56. The Balaban J connectivity index is 1.21. The average molecular weight is 484 g/mol. The number of aromatic nitrogens is 2. The van der Waals surface area contributed by atoms with Crippen LogP contribution in [0.4, 0.5) is 5.82 Å². The minimum absolute atomic E-state index is 0.149. The fourth-order valence-electron chi connectivity index (χ4n) is 3.99. The fourth-order valence-corrected chi connectivity index (χ4v) is 6.51. The molecule has 0 bridgehead atoms.